The molecule has 0 bridgehead atoms. The summed E-state index contributed by atoms with van der Waals surface area (Å²) in [7, 11) is 0. The molecule has 198 valence electrons. The first-order chi connectivity index (χ1) is 17.1. The van der Waals surface area contributed by atoms with Crippen molar-refractivity contribution in [3.8, 4) is 0 Å². The molecule has 0 aromatic heterocycles. The molecule has 0 aliphatic carbocycles. The molecule has 0 spiro atoms. The summed E-state index contributed by atoms with van der Waals surface area (Å²) in [4.78, 5) is 61.7. The zero-order chi connectivity index (χ0) is 26.7. The number of hydrogen-bond acceptors (Lipinski definition) is 6. The third-order valence-corrected chi connectivity index (χ3v) is 6.35. The molecule has 5 atom stereocenters. The molecule has 36 heavy (non-hydrogen) atoms. The van der Waals surface area contributed by atoms with Crippen LogP contribution in [0.1, 0.15) is 51.5 Å². The second-order valence-corrected chi connectivity index (χ2v) is 9.10. The Morgan fingerprint density at radius 3 is 2.25 bits per heavy atom. The lowest BCUT2D eigenvalue weighted by molar-refractivity contribution is -0.142. The Bertz CT molecular complexity index is 918. The van der Waals surface area contributed by atoms with Crippen LogP contribution in [0.4, 0.5) is 0 Å². The van der Waals surface area contributed by atoms with Crippen molar-refractivity contribution in [3.63, 3.8) is 0 Å². The third kappa shape index (κ3) is 8.95. The van der Waals surface area contributed by atoms with Gasteiger partial charge in [-0.3, -0.25) is 19.2 Å². The second kappa shape index (κ2) is 14.2. The van der Waals surface area contributed by atoms with E-state index in [0.29, 0.717) is 19.4 Å². The molecule has 1 heterocycles. The lowest BCUT2D eigenvalue weighted by atomic mass is 9.96. The second-order valence-electron chi connectivity index (χ2n) is 9.10. The largest absolute Gasteiger partial charge is 0.481 e. The number of carbonyl (C=O) groups is 5. The molecular formula is C25H36N4O7. The molecule has 1 fully saturated rings. The van der Waals surface area contributed by atoms with Crippen molar-refractivity contribution in [3.05, 3.63) is 35.9 Å². The van der Waals surface area contributed by atoms with Crippen LogP contribution in [0.2, 0.25) is 0 Å². The Hall–Kier alpha value is -3.47. The monoisotopic (exact) mass is 504 g/mol. The van der Waals surface area contributed by atoms with Crippen LogP contribution in [-0.4, -0.2) is 70.6 Å². The first-order valence-electron chi connectivity index (χ1n) is 12.2. The summed E-state index contributed by atoms with van der Waals surface area (Å²) >= 11 is 0. The topological polar surface area (TPSA) is 174 Å². The standard InChI is InChI=1S/C25H36N4O7/c1-3-15(2)21(24(34)28-19(25(35)36)14-16-8-5-4-6-9-16)29-23(33)18(11-12-20(30)31)27-22(32)17-10-7-13-26-17/h4-6,8-9,15,17-19,21,26H,3,7,10-14H2,1-2H3,(H,27,32)(H,28,34)(H,29,33)(H,30,31)(H,35,36). The van der Waals surface area contributed by atoms with Gasteiger partial charge in [0, 0.05) is 12.8 Å². The Balaban J connectivity index is 2.13. The van der Waals surface area contributed by atoms with Crippen molar-refractivity contribution in [1.82, 2.24) is 21.3 Å². The summed E-state index contributed by atoms with van der Waals surface area (Å²) in [5.74, 6) is -4.46. The zero-order valence-corrected chi connectivity index (χ0v) is 20.7. The van der Waals surface area contributed by atoms with E-state index in [1.165, 1.54) is 0 Å². The highest BCUT2D eigenvalue weighted by Crippen LogP contribution is 2.12. The number of carboxylic acids is 2. The third-order valence-electron chi connectivity index (χ3n) is 6.35. The average molecular weight is 505 g/mol. The van der Waals surface area contributed by atoms with E-state index in [2.05, 4.69) is 21.3 Å². The minimum absolute atomic E-state index is 0.0643. The predicted molar refractivity (Wildman–Crippen MR) is 131 cm³/mol. The summed E-state index contributed by atoms with van der Waals surface area (Å²) in [5.41, 5.74) is 0.728. The normalized spacial score (nSPS) is 18.3. The minimum atomic E-state index is -1.21. The lowest BCUT2D eigenvalue weighted by Crippen LogP contribution is -2.58. The van der Waals surface area contributed by atoms with E-state index in [0.717, 1.165) is 12.0 Å². The van der Waals surface area contributed by atoms with Crippen molar-refractivity contribution in [2.75, 3.05) is 6.54 Å². The van der Waals surface area contributed by atoms with Crippen LogP contribution in [0.3, 0.4) is 0 Å². The Morgan fingerprint density at radius 1 is 1.00 bits per heavy atom. The van der Waals surface area contributed by atoms with Crippen LogP contribution >= 0.6 is 0 Å². The van der Waals surface area contributed by atoms with Gasteiger partial charge in [0.05, 0.1) is 6.04 Å². The first kappa shape index (κ1) is 28.8. The fourth-order valence-electron chi connectivity index (χ4n) is 3.98. The highest BCUT2D eigenvalue weighted by Gasteiger charge is 2.33. The molecule has 5 unspecified atom stereocenters. The van der Waals surface area contributed by atoms with Crippen LogP contribution in [-0.2, 0) is 30.4 Å². The summed E-state index contributed by atoms with van der Waals surface area (Å²) in [6.45, 7) is 4.24. The summed E-state index contributed by atoms with van der Waals surface area (Å²) < 4.78 is 0. The SMILES string of the molecule is CCC(C)C(NC(=O)C(CCC(=O)O)NC(=O)C1CCCN1)C(=O)NC(Cc1ccccc1)C(=O)O. The Kier molecular flexibility index (Phi) is 11.3. The van der Waals surface area contributed by atoms with Gasteiger partial charge in [0.15, 0.2) is 0 Å². The molecule has 1 aromatic rings. The highest BCUT2D eigenvalue weighted by atomic mass is 16.4. The maximum atomic E-state index is 13.1. The predicted octanol–water partition coefficient (Wildman–Crippen LogP) is 0.431. The van der Waals surface area contributed by atoms with E-state index >= 15 is 0 Å². The molecule has 3 amide bonds. The van der Waals surface area contributed by atoms with Gasteiger partial charge < -0.3 is 31.5 Å². The number of aliphatic carboxylic acids is 2. The van der Waals surface area contributed by atoms with E-state index in [1.807, 2.05) is 6.92 Å². The van der Waals surface area contributed by atoms with Gasteiger partial charge >= 0.3 is 11.9 Å². The van der Waals surface area contributed by atoms with Crippen LogP contribution in [0.25, 0.3) is 0 Å². The number of rotatable bonds is 14. The minimum Gasteiger partial charge on any atom is -0.481 e. The van der Waals surface area contributed by atoms with Crippen LogP contribution in [0.15, 0.2) is 30.3 Å². The molecule has 2 rings (SSSR count). The van der Waals surface area contributed by atoms with Crippen LogP contribution in [0, 0.1) is 5.92 Å². The summed E-state index contributed by atoms with van der Waals surface area (Å²) in [6.07, 6.45) is 1.49. The van der Waals surface area contributed by atoms with E-state index in [4.69, 9.17) is 5.11 Å². The quantitative estimate of drug-likeness (QED) is 0.211. The smallest absolute Gasteiger partial charge is 0.326 e. The average Bonchev–Trinajstić information content (AvgIpc) is 3.39. The zero-order valence-electron chi connectivity index (χ0n) is 20.7. The first-order valence-corrected chi connectivity index (χ1v) is 12.2. The molecule has 1 aromatic carbocycles. The molecule has 11 nitrogen and oxygen atoms in total. The van der Waals surface area contributed by atoms with Gasteiger partial charge in [-0.05, 0) is 37.3 Å². The molecule has 1 aliphatic heterocycles. The van der Waals surface area contributed by atoms with Crippen molar-refractivity contribution in [2.45, 2.75) is 76.5 Å². The van der Waals surface area contributed by atoms with Crippen LogP contribution in [0.5, 0.6) is 0 Å². The van der Waals surface area contributed by atoms with E-state index in [9.17, 15) is 29.1 Å². The summed E-state index contributed by atoms with van der Waals surface area (Å²) in [5, 5.41) is 29.5. The Labute approximate surface area is 210 Å². The molecule has 0 saturated carbocycles. The van der Waals surface area contributed by atoms with Gasteiger partial charge in [0.25, 0.3) is 0 Å². The molecule has 1 saturated heterocycles. The maximum Gasteiger partial charge on any atom is 0.326 e. The summed E-state index contributed by atoms with van der Waals surface area (Å²) in [6, 6.07) is 4.94. The fraction of sp³-hybridized carbons (Fsp3) is 0.560. The van der Waals surface area contributed by atoms with E-state index < -0.39 is 53.8 Å². The van der Waals surface area contributed by atoms with Gasteiger partial charge in [0.2, 0.25) is 17.7 Å². The molecule has 6 N–H and O–H groups in total. The van der Waals surface area contributed by atoms with Gasteiger partial charge in [-0.25, -0.2) is 4.79 Å². The Morgan fingerprint density at radius 2 is 1.69 bits per heavy atom. The molecule has 11 heteroatoms. The van der Waals surface area contributed by atoms with E-state index in [-0.39, 0.29) is 25.2 Å². The van der Waals surface area contributed by atoms with Gasteiger partial charge in [-0.2, -0.15) is 0 Å². The number of hydrogen-bond donors (Lipinski definition) is 6. The number of carbonyl (C=O) groups excluding carboxylic acids is 3. The van der Waals surface area contributed by atoms with Gasteiger partial charge in [-0.15, -0.1) is 0 Å². The van der Waals surface area contributed by atoms with Gasteiger partial charge in [0.1, 0.15) is 18.1 Å². The number of carboxylic acid groups (broad SMARTS) is 2. The number of benzene rings is 1. The highest BCUT2D eigenvalue weighted by molar-refractivity contribution is 5.94. The van der Waals surface area contributed by atoms with Crippen molar-refractivity contribution >= 4 is 29.7 Å². The van der Waals surface area contributed by atoms with Crippen molar-refractivity contribution < 1.29 is 34.2 Å². The van der Waals surface area contributed by atoms with E-state index in [1.54, 1.807) is 37.3 Å². The van der Waals surface area contributed by atoms with Crippen molar-refractivity contribution in [2.24, 2.45) is 5.92 Å². The van der Waals surface area contributed by atoms with Crippen LogP contribution < -0.4 is 21.3 Å². The number of amides is 3. The molecular weight excluding hydrogens is 468 g/mol. The van der Waals surface area contributed by atoms with Gasteiger partial charge in [-0.1, -0.05) is 50.6 Å². The number of nitrogens with one attached hydrogen (secondary N) is 4. The lowest BCUT2D eigenvalue weighted by Gasteiger charge is -2.28. The van der Waals surface area contributed by atoms with Crippen molar-refractivity contribution in [1.29, 1.82) is 0 Å². The molecule has 1 aliphatic rings. The maximum absolute atomic E-state index is 13.1. The fourth-order valence-corrected chi connectivity index (χ4v) is 3.98. The molecule has 0 radical (unpaired) electrons.